The van der Waals surface area contributed by atoms with Gasteiger partial charge in [0, 0.05) is 6.04 Å². The van der Waals surface area contributed by atoms with Gasteiger partial charge in [0.1, 0.15) is 5.75 Å². The van der Waals surface area contributed by atoms with Crippen molar-refractivity contribution in [3.8, 4) is 5.75 Å². The highest BCUT2D eigenvalue weighted by Gasteiger charge is 2.06. The van der Waals surface area contributed by atoms with Gasteiger partial charge in [0.2, 0.25) is 0 Å². The van der Waals surface area contributed by atoms with Crippen molar-refractivity contribution < 1.29 is 4.74 Å². The fourth-order valence-corrected chi connectivity index (χ4v) is 1.70. The van der Waals surface area contributed by atoms with Crippen molar-refractivity contribution >= 4 is 22.6 Å². The van der Waals surface area contributed by atoms with E-state index in [-0.39, 0.29) is 6.04 Å². The molecule has 0 aliphatic carbocycles. The van der Waals surface area contributed by atoms with E-state index < -0.39 is 0 Å². The standard InChI is InChI=1S/C10H14INO/c1-3-9(12)7-4-5-8(11)10(6-7)13-2/h4-6,9H,3,12H2,1-2H3/t9-/m1/s1. The molecule has 13 heavy (non-hydrogen) atoms. The van der Waals surface area contributed by atoms with Gasteiger partial charge in [-0.05, 0) is 46.7 Å². The van der Waals surface area contributed by atoms with E-state index in [1.54, 1.807) is 7.11 Å². The SMILES string of the molecule is CC[C@@H](N)c1ccc(I)c(OC)c1. The Bertz CT molecular complexity index is 288. The summed E-state index contributed by atoms with van der Waals surface area (Å²) in [5, 5.41) is 0. The lowest BCUT2D eigenvalue weighted by Crippen LogP contribution is -2.08. The zero-order chi connectivity index (χ0) is 9.84. The van der Waals surface area contributed by atoms with Crippen LogP contribution in [-0.2, 0) is 0 Å². The Morgan fingerprint density at radius 3 is 2.77 bits per heavy atom. The van der Waals surface area contributed by atoms with Gasteiger partial charge in [-0.25, -0.2) is 0 Å². The molecule has 0 saturated heterocycles. The molecular formula is C10H14INO. The first kappa shape index (κ1) is 10.8. The second kappa shape index (κ2) is 4.81. The number of benzene rings is 1. The minimum atomic E-state index is 0.117. The third-order valence-corrected chi connectivity index (χ3v) is 2.93. The molecule has 72 valence electrons. The summed E-state index contributed by atoms with van der Waals surface area (Å²) in [4.78, 5) is 0. The average Bonchev–Trinajstić information content (AvgIpc) is 2.17. The number of hydrogen-bond donors (Lipinski definition) is 1. The number of halogens is 1. The number of nitrogens with two attached hydrogens (primary N) is 1. The van der Waals surface area contributed by atoms with Crippen LogP contribution in [0.25, 0.3) is 0 Å². The van der Waals surface area contributed by atoms with Gasteiger partial charge in [-0.15, -0.1) is 0 Å². The molecule has 0 fully saturated rings. The lowest BCUT2D eigenvalue weighted by atomic mass is 10.1. The summed E-state index contributed by atoms with van der Waals surface area (Å²) in [5.74, 6) is 0.905. The van der Waals surface area contributed by atoms with Crippen molar-refractivity contribution in [2.24, 2.45) is 5.73 Å². The summed E-state index contributed by atoms with van der Waals surface area (Å²) in [7, 11) is 1.68. The van der Waals surface area contributed by atoms with Crippen LogP contribution >= 0.6 is 22.6 Å². The first-order valence-corrected chi connectivity index (χ1v) is 5.36. The van der Waals surface area contributed by atoms with Crippen LogP contribution < -0.4 is 10.5 Å². The zero-order valence-electron chi connectivity index (χ0n) is 7.88. The quantitative estimate of drug-likeness (QED) is 0.869. The predicted octanol–water partition coefficient (Wildman–Crippen LogP) is 2.71. The van der Waals surface area contributed by atoms with Crippen molar-refractivity contribution in [2.75, 3.05) is 7.11 Å². The molecule has 0 spiro atoms. The number of ether oxygens (including phenoxy) is 1. The zero-order valence-corrected chi connectivity index (χ0v) is 10.0. The Kier molecular flexibility index (Phi) is 3.99. The Morgan fingerprint density at radius 1 is 1.54 bits per heavy atom. The molecule has 3 heteroatoms. The van der Waals surface area contributed by atoms with E-state index in [0.29, 0.717) is 0 Å². The van der Waals surface area contributed by atoms with E-state index in [9.17, 15) is 0 Å². The van der Waals surface area contributed by atoms with Crippen molar-refractivity contribution in [2.45, 2.75) is 19.4 Å². The van der Waals surface area contributed by atoms with E-state index in [1.807, 2.05) is 12.1 Å². The summed E-state index contributed by atoms with van der Waals surface area (Å²) in [6.45, 7) is 2.08. The van der Waals surface area contributed by atoms with Gasteiger partial charge in [0.15, 0.2) is 0 Å². The predicted molar refractivity (Wildman–Crippen MR) is 62.9 cm³/mol. The maximum Gasteiger partial charge on any atom is 0.132 e. The molecule has 0 bridgehead atoms. The average molecular weight is 291 g/mol. The summed E-state index contributed by atoms with van der Waals surface area (Å²) in [5.41, 5.74) is 7.05. The molecule has 2 N–H and O–H groups in total. The molecule has 0 aliphatic heterocycles. The second-order valence-corrected chi connectivity index (χ2v) is 4.07. The van der Waals surface area contributed by atoms with Crippen LogP contribution in [0.5, 0.6) is 5.75 Å². The Morgan fingerprint density at radius 2 is 2.23 bits per heavy atom. The number of methoxy groups -OCH3 is 1. The van der Waals surface area contributed by atoms with Crippen LogP contribution in [0.4, 0.5) is 0 Å². The van der Waals surface area contributed by atoms with Crippen LogP contribution in [0.1, 0.15) is 24.9 Å². The molecule has 0 heterocycles. The van der Waals surface area contributed by atoms with Crippen LogP contribution in [0, 0.1) is 3.57 Å². The third kappa shape index (κ3) is 2.57. The van der Waals surface area contributed by atoms with Crippen molar-refractivity contribution in [1.29, 1.82) is 0 Å². The molecule has 0 saturated carbocycles. The topological polar surface area (TPSA) is 35.2 Å². The van der Waals surface area contributed by atoms with Gasteiger partial charge in [-0.3, -0.25) is 0 Å². The van der Waals surface area contributed by atoms with Gasteiger partial charge in [-0.1, -0.05) is 13.0 Å². The summed E-state index contributed by atoms with van der Waals surface area (Å²) < 4.78 is 6.33. The van der Waals surface area contributed by atoms with E-state index in [1.165, 1.54) is 0 Å². The monoisotopic (exact) mass is 291 g/mol. The minimum absolute atomic E-state index is 0.117. The van der Waals surface area contributed by atoms with E-state index >= 15 is 0 Å². The van der Waals surface area contributed by atoms with Crippen LogP contribution in [0.2, 0.25) is 0 Å². The molecule has 0 aliphatic rings. The third-order valence-electron chi connectivity index (χ3n) is 2.04. The molecule has 1 aromatic carbocycles. The summed E-state index contributed by atoms with van der Waals surface area (Å²) in [6, 6.07) is 6.21. The smallest absolute Gasteiger partial charge is 0.132 e. The highest BCUT2D eigenvalue weighted by Crippen LogP contribution is 2.25. The van der Waals surface area contributed by atoms with Gasteiger partial charge in [-0.2, -0.15) is 0 Å². The maximum absolute atomic E-state index is 5.91. The molecule has 2 nitrogen and oxygen atoms in total. The second-order valence-electron chi connectivity index (χ2n) is 2.91. The minimum Gasteiger partial charge on any atom is -0.496 e. The van der Waals surface area contributed by atoms with Gasteiger partial charge in [0.05, 0.1) is 10.7 Å². The van der Waals surface area contributed by atoms with Crippen molar-refractivity contribution in [3.05, 3.63) is 27.3 Å². The molecule has 0 radical (unpaired) electrons. The summed E-state index contributed by atoms with van der Waals surface area (Å²) >= 11 is 2.25. The first-order chi connectivity index (χ1) is 6.19. The molecule has 1 atom stereocenters. The van der Waals surface area contributed by atoms with Gasteiger partial charge < -0.3 is 10.5 Å². The lowest BCUT2D eigenvalue weighted by molar-refractivity contribution is 0.410. The molecule has 0 amide bonds. The van der Waals surface area contributed by atoms with Crippen molar-refractivity contribution in [1.82, 2.24) is 0 Å². The maximum atomic E-state index is 5.91. The molecule has 1 rings (SSSR count). The fourth-order valence-electron chi connectivity index (χ4n) is 1.14. The van der Waals surface area contributed by atoms with E-state index in [4.69, 9.17) is 10.5 Å². The highest BCUT2D eigenvalue weighted by atomic mass is 127. The Hall–Kier alpha value is -0.290. The molecule has 1 aromatic rings. The Labute approximate surface area is 92.6 Å². The van der Waals surface area contributed by atoms with Crippen molar-refractivity contribution in [3.63, 3.8) is 0 Å². The van der Waals surface area contributed by atoms with E-state index in [0.717, 1.165) is 21.3 Å². The van der Waals surface area contributed by atoms with Gasteiger partial charge >= 0.3 is 0 Å². The fraction of sp³-hybridized carbons (Fsp3) is 0.400. The van der Waals surface area contributed by atoms with E-state index in [2.05, 4.69) is 35.6 Å². The highest BCUT2D eigenvalue weighted by molar-refractivity contribution is 14.1. The number of rotatable bonds is 3. The summed E-state index contributed by atoms with van der Waals surface area (Å²) in [6.07, 6.45) is 0.948. The van der Waals surface area contributed by atoms with Crippen LogP contribution in [0.15, 0.2) is 18.2 Å². The Balaban J connectivity index is 2.99. The van der Waals surface area contributed by atoms with Gasteiger partial charge in [0.25, 0.3) is 0 Å². The normalized spacial score (nSPS) is 12.6. The molecular weight excluding hydrogens is 277 g/mol. The van der Waals surface area contributed by atoms with Crippen LogP contribution in [0.3, 0.4) is 0 Å². The first-order valence-electron chi connectivity index (χ1n) is 4.28. The molecule has 0 unspecified atom stereocenters. The van der Waals surface area contributed by atoms with Crippen LogP contribution in [-0.4, -0.2) is 7.11 Å². The molecule has 0 aromatic heterocycles. The number of hydrogen-bond acceptors (Lipinski definition) is 2. The largest absolute Gasteiger partial charge is 0.496 e. The lowest BCUT2D eigenvalue weighted by Gasteiger charge is -2.11.